The van der Waals surface area contributed by atoms with Gasteiger partial charge in [-0.15, -0.1) is 0 Å². The summed E-state index contributed by atoms with van der Waals surface area (Å²) in [6.45, 7) is 3.40. The predicted molar refractivity (Wildman–Crippen MR) is 134 cm³/mol. The molecule has 0 spiro atoms. The minimum Gasteiger partial charge on any atom is -0.380 e. The van der Waals surface area contributed by atoms with E-state index in [9.17, 15) is 22.8 Å². The molecule has 1 saturated heterocycles. The molecular formula is C26H28N4O6S. The van der Waals surface area contributed by atoms with Crippen LogP contribution in [-0.4, -0.2) is 66.5 Å². The van der Waals surface area contributed by atoms with E-state index in [0.717, 1.165) is 5.56 Å². The van der Waals surface area contributed by atoms with E-state index in [1.807, 2.05) is 13.0 Å². The lowest BCUT2D eigenvalue weighted by Crippen LogP contribution is -2.52. The third kappa shape index (κ3) is 4.67. The molecule has 1 N–H and O–H groups in total. The molecule has 0 radical (unpaired) electrons. The van der Waals surface area contributed by atoms with Crippen molar-refractivity contribution < 1.29 is 22.7 Å². The van der Waals surface area contributed by atoms with Gasteiger partial charge in [0, 0.05) is 31.6 Å². The standard InChI is InChI=1S/C26H28N4O6S/c1-25(15-36-16-25)17-37(34,35)26(8-9-26)14-29-10-11-30-21(24(29)33)7-6-20(23(30)32)22(31)28-13-19-4-2-18(12-27)3-5-19/h2-7H,8-11,13-17H2,1H3,(H,28,31). The zero-order chi connectivity index (χ0) is 26.4. The maximum atomic E-state index is 13.2. The van der Waals surface area contributed by atoms with Gasteiger partial charge in [0.2, 0.25) is 0 Å². The van der Waals surface area contributed by atoms with E-state index in [0.29, 0.717) is 31.6 Å². The van der Waals surface area contributed by atoms with Crippen molar-refractivity contribution in [1.29, 1.82) is 5.26 Å². The van der Waals surface area contributed by atoms with Crippen LogP contribution in [0.2, 0.25) is 0 Å². The molecule has 1 aliphatic carbocycles. The number of ether oxygens (including phenoxy) is 1. The van der Waals surface area contributed by atoms with Crippen LogP contribution in [0.5, 0.6) is 0 Å². The summed E-state index contributed by atoms with van der Waals surface area (Å²) >= 11 is 0. The monoisotopic (exact) mass is 524 g/mol. The van der Waals surface area contributed by atoms with E-state index in [1.54, 1.807) is 24.3 Å². The molecule has 194 valence electrons. The first-order valence-electron chi connectivity index (χ1n) is 12.2. The van der Waals surface area contributed by atoms with Crippen LogP contribution in [0.1, 0.15) is 51.7 Å². The van der Waals surface area contributed by atoms with Crippen LogP contribution >= 0.6 is 0 Å². The number of aromatic nitrogens is 1. The van der Waals surface area contributed by atoms with Gasteiger partial charge < -0.3 is 19.5 Å². The Morgan fingerprint density at radius 2 is 1.81 bits per heavy atom. The number of benzene rings is 1. The molecule has 2 aromatic rings. The van der Waals surface area contributed by atoms with Crippen molar-refractivity contribution in [2.24, 2.45) is 5.41 Å². The molecule has 0 atom stereocenters. The minimum atomic E-state index is -3.44. The summed E-state index contributed by atoms with van der Waals surface area (Å²) in [5, 5.41) is 11.6. The number of pyridine rings is 1. The van der Waals surface area contributed by atoms with E-state index >= 15 is 0 Å². The lowest BCUT2D eigenvalue weighted by molar-refractivity contribution is -0.0871. The van der Waals surface area contributed by atoms with Crippen molar-refractivity contribution in [2.45, 2.75) is 37.6 Å². The number of amides is 2. The molecule has 10 nitrogen and oxygen atoms in total. The molecular weight excluding hydrogens is 496 g/mol. The van der Waals surface area contributed by atoms with Crippen LogP contribution in [0, 0.1) is 16.7 Å². The van der Waals surface area contributed by atoms with Gasteiger partial charge in [0.25, 0.3) is 17.4 Å². The van der Waals surface area contributed by atoms with E-state index in [4.69, 9.17) is 10.00 Å². The predicted octanol–water partition coefficient (Wildman–Crippen LogP) is 1.09. The maximum absolute atomic E-state index is 13.2. The summed E-state index contributed by atoms with van der Waals surface area (Å²) in [5.41, 5.74) is 0.420. The molecule has 1 aromatic carbocycles. The molecule has 1 aromatic heterocycles. The van der Waals surface area contributed by atoms with Gasteiger partial charge in [-0.2, -0.15) is 5.26 Å². The summed E-state index contributed by atoms with van der Waals surface area (Å²) < 4.78 is 32.0. The molecule has 3 heterocycles. The average Bonchev–Trinajstić information content (AvgIpc) is 3.65. The highest BCUT2D eigenvalue weighted by atomic mass is 32.2. The summed E-state index contributed by atoms with van der Waals surface area (Å²) in [6, 6.07) is 11.5. The second-order valence-corrected chi connectivity index (χ2v) is 12.9. The highest BCUT2D eigenvalue weighted by Crippen LogP contribution is 2.47. The van der Waals surface area contributed by atoms with Crippen molar-refractivity contribution in [3.8, 4) is 6.07 Å². The normalized spacial score (nSPS) is 19.4. The fourth-order valence-corrected chi connectivity index (χ4v) is 7.44. The quantitative estimate of drug-likeness (QED) is 0.545. The Kier molecular flexibility index (Phi) is 6.20. The Balaban J connectivity index is 1.27. The number of nitrogens with one attached hydrogen (secondary N) is 1. The molecule has 2 aliphatic heterocycles. The van der Waals surface area contributed by atoms with Gasteiger partial charge in [0.1, 0.15) is 11.3 Å². The smallest absolute Gasteiger partial charge is 0.270 e. The van der Waals surface area contributed by atoms with Gasteiger partial charge in [-0.25, -0.2) is 8.42 Å². The third-order valence-electron chi connectivity index (χ3n) is 7.44. The number of carbonyl (C=O) groups is 2. The molecule has 3 aliphatic rings. The molecule has 5 rings (SSSR count). The first-order valence-corrected chi connectivity index (χ1v) is 13.8. The number of rotatable bonds is 8. The summed E-state index contributed by atoms with van der Waals surface area (Å²) in [4.78, 5) is 40.5. The number of hydrogen-bond donors (Lipinski definition) is 1. The lowest BCUT2D eigenvalue weighted by atomic mass is 9.92. The summed E-state index contributed by atoms with van der Waals surface area (Å²) in [5.74, 6) is -0.928. The number of carbonyl (C=O) groups excluding carboxylic acids is 2. The molecule has 1 saturated carbocycles. The zero-order valence-electron chi connectivity index (χ0n) is 20.5. The SMILES string of the molecule is CC1(CS(=O)(=O)C2(CN3CCn4c(ccc(C(=O)NCc5ccc(C#N)cc5)c4=O)C3=O)CC2)COC1. The van der Waals surface area contributed by atoms with Gasteiger partial charge in [-0.05, 0) is 42.7 Å². The largest absolute Gasteiger partial charge is 0.380 e. The molecule has 2 fully saturated rings. The lowest BCUT2D eigenvalue weighted by Gasteiger charge is -2.39. The second-order valence-electron chi connectivity index (χ2n) is 10.6. The van der Waals surface area contributed by atoms with Crippen LogP contribution < -0.4 is 10.9 Å². The Hall–Kier alpha value is -3.49. The molecule has 11 heteroatoms. The van der Waals surface area contributed by atoms with Crippen LogP contribution in [-0.2, 0) is 27.7 Å². The highest BCUT2D eigenvalue weighted by Gasteiger charge is 2.58. The number of nitriles is 1. The summed E-state index contributed by atoms with van der Waals surface area (Å²) in [6.07, 6.45) is 1.03. The highest BCUT2D eigenvalue weighted by molar-refractivity contribution is 7.93. The number of fused-ring (bicyclic) bond motifs is 1. The van der Waals surface area contributed by atoms with Crippen molar-refractivity contribution in [3.05, 3.63) is 69.1 Å². The maximum Gasteiger partial charge on any atom is 0.270 e. The van der Waals surface area contributed by atoms with Crippen LogP contribution in [0.25, 0.3) is 0 Å². The van der Waals surface area contributed by atoms with Crippen molar-refractivity contribution >= 4 is 21.7 Å². The molecule has 0 unspecified atom stereocenters. The fourth-order valence-electron chi connectivity index (χ4n) is 4.97. The first-order chi connectivity index (χ1) is 17.6. The van der Waals surface area contributed by atoms with E-state index in [2.05, 4.69) is 5.32 Å². The Morgan fingerprint density at radius 1 is 1.11 bits per heavy atom. The van der Waals surface area contributed by atoms with Gasteiger partial charge in [-0.3, -0.25) is 14.4 Å². The van der Waals surface area contributed by atoms with Crippen molar-refractivity contribution in [1.82, 2.24) is 14.8 Å². The second kappa shape index (κ2) is 9.11. The Bertz CT molecular complexity index is 1460. The average molecular weight is 525 g/mol. The van der Waals surface area contributed by atoms with Crippen LogP contribution in [0.3, 0.4) is 0 Å². The number of hydrogen-bond acceptors (Lipinski definition) is 7. The topological polar surface area (TPSA) is 139 Å². The molecule has 2 amide bonds. The van der Waals surface area contributed by atoms with Crippen LogP contribution in [0.15, 0.2) is 41.2 Å². The zero-order valence-corrected chi connectivity index (χ0v) is 21.3. The van der Waals surface area contributed by atoms with Gasteiger partial charge in [-0.1, -0.05) is 19.1 Å². The Morgan fingerprint density at radius 3 is 2.41 bits per heavy atom. The fraction of sp³-hybridized carbons (Fsp3) is 0.462. The number of sulfone groups is 1. The number of nitrogens with zero attached hydrogens (tertiary/aromatic N) is 3. The van der Waals surface area contributed by atoms with E-state index in [1.165, 1.54) is 21.6 Å². The van der Waals surface area contributed by atoms with Crippen LogP contribution in [0.4, 0.5) is 0 Å². The van der Waals surface area contributed by atoms with Gasteiger partial charge in [0.05, 0.1) is 35.3 Å². The Labute approximate surface area is 214 Å². The molecule has 37 heavy (non-hydrogen) atoms. The summed E-state index contributed by atoms with van der Waals surface area (Å²) in [7, 11) is -3.44. The third-order valence-corrected chi connectivity index (χ3v) is 10.4. The van der Waals surface area contributed by atoms with Crippen molar-refractivity contribution in [3.63, 3.8) is 0 Å². The van der Waals surface area contributed by atoms with Gasteiger partial charge >= 0.3 is 0 Å². The molecule has 0 bridgehead atoms. The van der Waals surface area contributed by atoms with Crippen molar-refractivity contribution in [2.75, 3.05) is 32.1 Å². The van der Waals surface area contributed by atoms with E-state index in [-0.39, 0.29) is 48.6 Å². The van der Waals surface area contributed by atoms with Gasteiger partial charge in [0.15, 0.2) is 9.84 Å². The minimum absolute atomic E-state index is 0.0407. The first kappa shape index (κ1) is 25.2. The van der Waals surface area contributed by atoms with E-state index < -0.39 is 32.0 Å².